The highest BCUT2D eigenvalue weighted by Crippen LogP contribution is 2.27. The summed E-state index contributed by atoms with van der Waals surface area (Å²) in [5.41, 5.74) is 3.70. The van der Waals surface area contributed by atoms with Crippen LogP contribution in [0, 0.1) is 0 Å². The number of carbonyl (C=O) groups excluding carboxylic acids is 2. The molecule has 0 heterocycles. The van der Waals surface area contributed by atoms with Crippen molar-refractivity contribution >= 4 is 58.5 Å². The third-order valence-corrected chi connectivity index (χ3v) is 5.27. The number of hydrazone groups is 1. The number of nitrogens with zero attached hydrogens (tertiary/aromatic N) is 1. The molecule has 7 nitrogen and oxygen atoms in total. The fourth-order valence-corrected chi connectivity index (χ4v) is 3.33. The second-order valence-electron chi connectivity index (χ2n) is 6.55. The molecular formula is C23H18Cl3N3O4. The first-order valence-electron chi connectivity index (χ1n) is 9.51. The van der Waals surface area contributed by atoms with E-state index in [9.17, 15) is 9.59 Å². The number of hydrogen-bond donors (Lipinski definition) is 2. The summed E-state index contributed by atoms with van der Waals surface area (Å²) in [5.74, 6) is -0.780. The number of amides is 2. The maximum absolute atomic E-state index is 12.1. The summed E-state index contributed by atoms with van der Waals surface area (Å²) in [4.78, 5) is 24.1. The normalized spacial score (nSPS) is 10.7. The van der Waals surface area contributed by atoms with Crippen LogP contribution >= 0.6 is 34.8 Å². The third kappa shape index (κ3) is 6.86. The van der Waals surface area contributed by atoms with Crippen LogP contribution in [-0.4, -0.2) is 25.1 Å². The van der Waals surface area contributed by atoms with Crippen LogP contribution in [0.5, 0.6) is 11.5 Å². The van der Waals surface area contributed by atoms with E-state index in [1.165, 1.54) is 13.3 Å². The molecule has 0 bridgehead atoms. The second-order valence-corrected chi connectivity index (χ2v) is 7.80. The van der Waals surface area contributed by atoms with E-state index < -0.39 is 11.8 Å². The first kappa shape index (κ1) is 24.4. The summed E-state index contributed by atoms with van der Waals surface area (Å²) in [6.07, 6.45) is 1.31. The number of nitrogens with one attached hydrogen (secondary N) is 2. The zero-order chi connectivity index (χ0) is 23.8. The second kappa shape index (κ2) is 11.6. The minimum Gasteiger partial charge on any atom is -0.497 e. The Hall–Kier alpha value is -3.26. The van der Waals surface area contributed by atoms with E-state index in [1.54, 1.807) is 60.7 Å². The van der Waals surface area contributed by atoms with Crippen LogP contribution in [-0.2, 0) is 16.2 Å². The topological polar surface area (TPSA) is 89.0 Å². The van der Waals surface area contributed by atoms with Gasteiger partial charge in [-0.3, -0.25) is 9.59 Å². The number of ether oxygens (including phenoxy) is 2. The highest BCUT2D eigenvalue weighted by molar-refractivity contribution is 6.39. The first-order valence-corrected chi connectivity index (χ1v) is 10.6. The van der Waals surface area contributed by atoms with Gasteiger partial charge in [-0.1, -0.05) is 40.9 Å². The molecule has 0 aromatic heterocycles. The SMILES string of the molecule is COc1ccc(NC(=O)C(=O)N/N=C\c2cc(Cl)ccc2OCc2c(Cl)cccc2Cl)cc1. The van der Waals surface area contributed by atoms with Crippen LogP contribution in [0.15, 0.2) is 65.8 Å². The van der Waals surface area contributed by atoms with E-state index in [1.807, 2.05) is 0 Å². The van der Waals surface area contributed by atoms with Crippen molar-refractivity contribution in [1.29, 1.82) is 0 Å². The number of benzene rings is 3. The number of carbonyl (C=O) groups is 2. The summed E-state index contributed by atoms with van der Waals surface area (Å²) in [7, 11) is 1.53. The van der Waals surface area contributed by atoms with Gasteiger partial charge < -0.3 is 14.8 Å². The van der Waals surface area contributed by atoms with Gasteiger partial charge in [-0.25, -0.2) is 5.43 Å². The van der Waals surface area contributed by atoms with Crippen LogP contribution in [0.1, 0.15) is 11.1 Å². The summed E-state index contributed by atoms with van der Waals surface area (Å²) in [6.45, 7) is 0.109. The lowest BCUT2D eigenvalue weighted by Crippen LogP contribution is -2.32. The van der Waals surface area contributed by atoms with Gasteiger partial charge in [-0.05, 0) is 54.6 Å². The molecule has 3 aromatic rings. The van der Waals surface area contributed by atoms with Gasteiger partial charge in [-0.2, -0.15) is 5.10 Å². The fourth-order valence-electron chi connectivity index (χ4n) is 2.65. The monoisotopic (exact) mass is 505 g/mol. The van der Waals surface area contributed by atoms with Crippen molar-refractivity contribution in [2.75, 3.05) is 12.4 Å². The zero-order valence-corrected chi connectivity index (χ0v) is 19.5. The van der Waals surface area contributed by atoms with Crippen molar-refractivity contribution in [3.8, 4) is 11.5 Å². The summed E-state index contributed by atoms with van der Waals surface area (Å²) in [6, 6.07) is 16.6. The molecule has 2 N–H and O–H groups in total. The van der Waals surface area contributed by atoms with Gasteiger partial charge in [0.05, 0.1) is 13.3 Å². The molecule has 0 unspecified atom stereocenters. The van der Waals surface area contributed by atoms with Crippen molar-refractivity contribution in [3.05, 3.63) is 86.9 Å². The Kier molecular flexibility index (Phi) is 8.54. The molecule has 0 fully saturated rings. The zero-order valence-electron chi connectivity index (χ0n) is 17.3. The highest BCUT2D eigenvalue weighted by atomic mass is 35.5. The predicted octanol–water partition coefficient (Wildman–Crippen LogP) is 5.32. The summed E-state index contributed by atoms with van der Waals surface area (Å²) >= 11 is 18.4. The minimum absolute atomic E-state index is 0.109. The average Bonchev–Trinajstić information content (AvgIpc) is 2.80. The van der Waals surface area contributed by atoms with Crippen molar-refractivity contribution in [2.45, 2.75) is 6.61 Å². The third-order valence-electron chi connectivity index (χ3n) is 4.33. The standard InChI is InChI=1S/C23H18Cl3N3O4/c1-32-17-8-6-16(7-9-17)28-22(30)23(31)29-27-12-14-11-15(24)5-10-21(14)33-13-18-19(25)3-2-4-20(18)26/h2-12H,13H2,1H3,(H,28,30)(H,29,31)/b27-12-. The van der Waals surface area contributed by atoms with E-state index in [0.29, 0.717) is 43.4 Å². The maximum Gasteiger partial charge on any atom is 0.329 e. The first-order chi connectivity index (χ1) is 15.9. The number of halogens is 3. The Morgan fingerprint density at radius 2 is 1.67 bits per heavy atom. The molecule has 10 heteroatoms. The van der Waals surface area contributed by atoms with Crippen LogP contribution < -0.4 is 20.2 Å². The fraction of sp³-hybridized carbons (Fsp3) is 0.0870. The summed E-state index contributed by atoms with van der Waals surface area (Å²) in [5, 5.41) is 7.67. The minimum atomic E-state index is -0.950. The predicted molar refractivity (Wildman–Crippen MR) is 130 cm³/mol. The molecule has 33 heavy (non-hydrogen) atoms. The Balaban J connectivity index is 1.63. The van der Waals surface area contributed by atoms with Crippen molar-refractivity contribution < 1.29 is 19.1 Å². The number of hydrogen-bond acceptors (Lipinski definition) is 5. The highest BCUT2D eigenvalue weighted by Gasteiger charge is 2.13. The van der Waals surface area contributed by atoms with Crippen LogP contribution in [0.2, 0.25) is 15.1 Å². The van der Waals surface area contributed by atoms with Gasteiger partial charge in [0.1, 0.15) is 18.1 Å². The molecule has 0 saturated heterocycles. The number of anilines is 1. The lowest BCUT2D eigenvalue weighted by Gasteiger charge is -2.12. The molecule has 0 spiro atoms. The van der Waals surface area contributed by atoms with Gasteiger partial charge in [-0.15, -0.1) is 0 Å². The Labute approximate surface area is 205 Å². The number of methoxy groups -OCH3 is 1. The maximum atomic E-state index is 12.1. The van der Waals surface area contributed by atoms with Gasteiger partial charge in [0.15, 0.2) is 0 Å². The Bertz CT molecular complexity index is 1160. The van der Waals surface area contributed by atoms with Crippen molar-refractivity contribution in [3.63, 3.8) is 0 Å². The average molecular weight is 507 g/mol. The van der Waals surface area contributed by atoms with Gasteiger partial charge >= 0.3 is 11.8 Å². The Morgan fingerprint density at radius 3 is 2.33 bits per heavy atom. The molecular weight excluding hydrogens is 489 g/mol. The molecule has 0 radical (unpaired) electrons. The molecule has 3 aromatic carbocycles. The van der Waals surface area contributed by atoms with E-state index in [4.69, 9.17) is 44.3 Å². The van der Waals surface area contributed by atoms with Crippen LogP contribution in [0.3, 0.4) is 0 Å². The lowest BCUT2D eigenvalue weighted by molar-refractivity contribution is -0.136. The van der Waals surface area contributed by atoms with Crippen molar-refractivity contribution in [1.82, 2.24) is 5.43 Å². The van der Waals surface area contributed by atoms with Crippen molar-refractivity contribution in [2.24, 2.45) is 5.10 Å². The number of rotatable bonds is 7. The van der Waals surface area contributed by atoms with E-state index >= 15 is 0 Å². The lowest BCUT2D eigenvalue weighted by atomic mass is 10.2. The molecule has 3 rings (SSSR count). The van der Waals surface area contributed by atoms with Gasteiger partial charge in [0, 0.05) is 31.9 Å². The quantitative estimate of drug-likeness (QED) is 0.258. The van der Waals surface area contributed by atoms with Crippen LogP contribution in [0.25, 0.3) is 0 Å². The van der Waals surface area contributed by atoms with E-state index in [0.717, 1.165) is 0 Å². The van der Waals surface area contributed by atoms with Gasteiger partial charge in [0.2, 0.25) is 0 Å². The molecule has 0 aliphatic rings. The smallest absolute Gasteiger partial charge is 0.329 e. The largest absolute Gasteiger partial charge is 0.497 e. The molecule has 2 amide bonds. The Morgan fingerprint density at radius 1 is 0.970 bits per heavy atom. The summed E-state index contributed by atoms with van der Waals surface area (Å²) < 4.78 is 10.9. The van der Waals surface area contributed by atoms with E-state index in [-0.39, 0.29) is 6.61 Å². The molecule has 0 saturated carbocycles. The molecule has 0 aliphatic heterocycles. The molecule has 0 atom stereocenters. The molecule has 170 valence electrons. The van der Waals surface area contributed by atoms with E-state index in [2.05, 4.69) is 15.8 Å². The van der Waals surface area contributed by atoms with Crippen LogP contribution in [0.4, 0.5) is 5.69 Å². The molecule has 0 aliphatic carbocycles. The van der Waals surface area contributed by atoms with Gasteiger partial charge in [0.25, 0.3) is 0 Å².